The van der Waals surface area contributed by atoms with Crippen LogP contribution in [0.4, 0.5) is 5.69 Å². The monoisotopic (exact) mass is 262 g/mol. The molecular weight excluding hydrogens is 240 g/mol. The molecule has 0 aromatic heterocycles. The minimum absolute atomic E-state index is 0.0293. The molecule has 0 saturated carbocycles. The molecule has 1 aromatic rings. The fraction of sp³-hybridized carbons (Fsp3) is 0.533. The largest absolute Gasteiger partial charge is 0.392 e. The van der Waals surface area contributed by atoms with Gasteiger partial charge >= 0.3 is 0 Å². The molecule has 0 bridgehead atoms. The maximum absolute atomic E-state index is 11.8. The molecule has 4 heteroatoms. The minimum Gasteiger partial charge on any atom is -0.392 e. The van der Waals surface area contributed by atoms with Gasteiger partial charge in [0.2, 0.25) is 5.91 Å². The van der Waals surface area contributed by atoms with E-state index in [4.69, 9.17) is 5.11 Å². The lowest BCUT2D eigenvalue weighted by Crippen LogP contribution is -2.34. The van der Waals surface area contributed by atoms with Gasteiger partial charge in [0.25, 0.3) is 0 Å². The number of piperidine rings is 1. The van der Waals surface area contributed by atoms with Crippen LogP contribution < -0.4 is 10.6 Å². The van der Waals surface area contributed by atoms with Crippen LogP contribution in [0.1, 0.15) is 37.7 Å². The number of rotatable bonds is 5. The Morgan fingerprint density at radius 3 is 2.74 bits per heavy atom. The summed E-state index contributed by atoms with van der Waals surface area (Å²) in [5.41, 5.74) is 1.64. The van der Waals surface area contributed by atoms with Gasteiger partial charge in [-0.2, -0.15) is 0 Å². The second-order valence-corrected chi connectivity index (χ2v) is 5.09. The van der Waals surface area contributed by atoms with Crippen molar-refractivity contribution in [3.63, 3.8) is 0 Å². The van der Waals surface area contributed by atoms with Crippen LogP contribution in [0.25, 0.3) is 0 Å². The highest BCUT2D eigenvalue weighted by atomic mass is 16.3. The normalized spacial score (nSPS) is 19.1. The summed E-state index contributed by atoms with van der Waals surface area (Å²) >= 11 is 0. The van der Waals surface area contributed by atoms with Crippen molar-refractivity contribution in [2.24, 2.45) is 0 Å². The average Bonchev–Trinajstić information content (AvgIpc) is 2.47. The predicted molar refractivity (Wildman–Crippen MR) is 75.9 cm³/mol. The van der Waals surface area contributed by atoms with Crippen LogP contribution >= 0.6 is 0 Å². The van der Waals surface area contributed by atoms with E-state index in [-0.39, 0.29) is 12.5 Å². The molecule has 19 heavy (non-hydrogen) atoms. The molecule has 1 saturated heterocycles. The first-order chi connectivity index (χ1) is 9.28. The van der Waals surface area contributed by atoms with Gasteiger partial charge in [0.05, 0.1) is 6.61 Å². The Labute approximate surface area is 114 Å². The summed E-state index contributed by atoms with van der Waals surface area (Å²) < 4.78 is 0. The minimum atomic E-state index is 0.0293. The second-order valence-electron chi connectivity index (χ2n) is 5.09. The van der Waals surface area contributed by atoms with E-state index in [1.54, 1.807) is 0 Å². The van der Waals surface area contributed by atoms with Gasteiger partial charge in [-0.05, 0) is 43.5 Å². The van der Waals surface area contributed by atoms with Crippen molar-refractivity contribution in [1.82, 2.24) is 5.32 Å². The molecule has 4 nitrogen and oxygen atoms in total. The fourth-order valence-electron chi connectivity index (χ4n) is 2.39. The van der Waals surface area contributed by atoms with Crippen LogP contribution in [0.3, 0.4) is 0 Å². The first-order valence-electron chi connectivity index (χ1n) is 7.01. The number of nitrogens with one attached hydrogen (secondary N) is 2. The van der Waals surface area contributed by atoms with Crippen molar-refractivity contribution in [1.29, 1.82) is 0 Å². The van der Waals surface area contributed by atoms with Gasteiger partial charge in [0.1, 0.15) is 0 Å². The molecule has 1 aliphatic rings. The Kier molecular flexibility index (Phi) is 5.36. The summed E-state index contributed by atoms with van der Waals surface area (Å²) in [7, 11) is 0. The number of amides is 1. The van der Waals surface area contributed by atoms with Crippen molar-refractivity contribution >= 4 is 11.6 Å². The third kappa shape index (κ3) is 4.65. The van der Waals surface area contributed by atoms with Gasteiger partial charge in [0.15, 0.2) is 0 Å². The molecule has 1 amide bonds. The van der Waals surface area contributed by atoms with Crippen molar-refractivity contribution in [3.8, 4) is 0 Å². The third-order valence-corrected chi connectivity index (χ3v) is 3.55. The van der Waals surface area contributed by atoms with Gasteiger partial charge in [-0.1, -0.05) is 18.6 Å². The number of carbonyl (C=O) groups excluding carboxylic acids is 1. The van der Waals surface area contributed by atoms with Crippen LogP contribution in [0.5, 0.6) is 0 Å². The van der Waals surface area contributed by atoms with Crippen LogP contribution in [0, 0.1) is 0 Å². The van der Waals surface area contributed by atoms with Crippen molar-refractivity contribution in [3.05, 3.63) is 29.8 Å². The van der Waals surface area contributed by atoms with Gasteiger partial charge < -0.3 is 15.7 Å². The molecule has 0 spiro atoms. The number of hydrogen-bond acceptors (Lipinski definition) is 3. The molecule has 1 atom stereocenters. The molecule has 1 heterocycles. The summed E-state index contributed by atoms with van der Waals surface area (Å²) in [4.78, 5) is 11.8. The Bertz CT molecular complexity index is 397. The highest BCUT2D eigenvalue weighted by Crippen LogP contribution is 2.13. The molecular formula is C15H22N2O2. The Morgan fingerprint density at radius 1 is 1.32 bits per heavy atom. The smallest absolute Gasteiger partial charge is 0.224 e. The third-order valence-electron chi connectivity index (χ3n) is 3.55. The van der Waals surface area contributed by atoms with E-state index in [0.29, 0.717) is 12.5 Å². The van der Waals surface area contributed by atoms with E-state index in [9.17, 15) is 4.79 Å². The van der Waals surface area contributed by atoms with Gasteiger partial charge in [-0.25, -0.2) is 0 Å². The number of benzene rings is 1. The zero-order valence-corrected chi connectivity index (χ0v) is 11.2. The maximum atomic E-state index is 11.8. The molecule has 3 N–H and O–H groups in total. The molecule has 104 valence electrons. The molecule has 1 aliphatic heterocycles. The summed E-state index contributed by atoms with van der Waals surface area (Å²) in [6.45, 7) is 1.11. The lowest BCUT2D eigenvalue weighted by Gasteiger charge is -2.23. The first-order valence-corrected chi connectivity index (χ1v) is 7.01. The van der Waals surface area contributed by atoms with E-state index in [1.165, 1.54) is 19.3 Å². The number of aliphatic hydroxyl groups is 1. The van der Waals surface area contributed by atoms with E-state index in [1.807, 2.05) is 24.3 Å². The van der Waals surface area contributed by atoms with Crippen molar-refractivity contribution < 1.29 is 9.90 Å². The Morgan fingerprint density at radius 2 is 2.11 bits per heavy atom. The molecule has 2 rings (SSSR count). The van der Waals surface area contributed by atoms with E-state index in [2.05, 4.69) is 10.6 Å². The molecule has 0 aliphatic carbocycles. The first kappa shape index (κ1) is 14.0. The fourth-order valence-corrected chi connectivity index (χ4v) is 2.39. The van der Waals surface area contributed by atoms with Crippen LogP contribution in [0.2, 0.25) is 0 Å². The lowest BCUT2D eigenvalue weighted by molar-refractivity contribution is -0.116. The zero-order chi connectivity index (χ0) is 13.5. The van der Waals surface area contributed by atoms with Crippen molar-refractivity contribution in [2.45, 2.75) is 44.8 Å². The summed E-state index contributed by atoms with van der Waals surface area (Å²) in [5, 5.41) is 15.3. The standard InChI is InChI=1S/C15H22N2O2/c18-11-12-4-6-14(7-5-12)17-15(19)9-8-13-3-1-2-10-16-13/h4-7,13,16,18H,1-3,8-11H2,(H,17,19). The maximum Gasteiger partial charge on any atom is 0.224 e. The highest BCUT2D eigenvalue weighted by molar-refractivity contribution is 5.90. The van der Waals surface area contributed by atoms with Gasteiger partial charge in [-0.15, -0.1) is 0 Å². The molecule has 1 aromatic carbocycles. The van der Waals surface area contributed by atoms with Gasteiger partial charge in [0, 0.05) is 18.2 Å². The topological polar surface area (TPSA) is 61.4 Å². The van der Waals surface area contributed by atoms with Crippen molar-refractivity contribution in [2.75, 3.05) is 11.9 Å². The lowest BCUT2D eigenvalue weighted by atomic mass is 10.0. The van der Waals surface area contributed by atoms with E-state index >= 15 is 0 Å². The molecule has 0 radical (unpaired) electrons. The Balaban J connectivity index is 1.73. The number of anilines is 1. The number of aliphatic hydroxyl groups excluding tert-OH is 1. The summed E-state index contributed by atoms with van der Waals surface area (Å²) in [6, 6.07) is 7.78. The second kappa shape index (κ2) is 7.26. The van der Waals surface area contributed by atoms with Crippen LogP contribution in [0.15, 0.2) is 24.3 Å². The zero-order valence-electron chi connectivity index (χ0n) is 11.2. The highest BCUT2D eigenvalue weighted by Gasteiger charge is 2.13. The number of carbonyl (C=O) groups is 1. The predicted octanol–water partition coefficient (Wildman–Crippen LogP) is 2.04. The SMILES string of the molecule is O=C(CCC1CCCCN1)Nc1ccc(CO)cc1. The van der Waals surface area contributed by atoms with E-state index < -0.39 is 0 Å². The number of hydrogen-bond donors (Lipinski definition) is 3. The summed E-state index contributed by atoms with van der Waals surface area (Å²) in [6.07, 6.45) is 5.15. The van der Waals surface area contributed by atoms with Crippen LogP contribution in [-0.2, 0) is 11.4 Å². The van der Waals surface area contributed by atoms with E-state index in [0.717, 1.165) is 24.2 Å². The molecule has 1 unspecified atom stereocenters. The quantitative estimate of drug-likeness (QED) is 0.761. The average molecular weight is 262 g/mol. The Hall–Kier alpha value is -1.39. The van der Waals surface area contributed by atoms with Crippen LogP contribution in [-0.4, -0.2) is 23.6 Å². The molecule has 1 fully saturated rings. The summed E-state index contributed by atoms with van der Waals surface area (Å²) in [5.74, 6) is 0.0594. The van der Waals surface area contributed by atoms with Gasteiger partial charge in [-0.3, -0.25) is 4.79 Å².